The van der Waals surface area contributed by atoms with E-state index >= 15 is 0 Å². The predicted octanol–water partition coefficient (Wildman–Crippen LogP) is 19.1. The van der Waals surface area contributed by atoms with Crippen LogP contribution in [0.5, 0.6) is 11.5 Å². The minimum Gasteiger partial charge on any atom is -0.497 e. The van der Waals surface area contributed by atoms with Gasteiger partial charge in [0, 0.05) is 125 Å². The number of alkyl carbamates (subject to hydrolysis) is 1. The standard InChI is InChI=1S/C35H40ClN3O4S.C34H31ClN2O2.C33H28ClN5O3/c1-35(2,3)43-34(41)38-30(22-44-21-23-7-12-28(42-4)13-8-23)33(40)39-18-15-24(16-19-39)31-29-14-11-27(36)20-26(29)10-9-25-6-5-17-37-32(25)31;35-29-14-15-30-27(21-29)13-12-26-10-6-18-36-34(26)33(30)25-16-19-37(20-17-25)32(38)22-28-9-4-5-11-31(28)39-23-24-7-2-1-3-8-24;34-23-9-10-25-22(16-23)8-7-21-4-3-13-36-30(21)29(25)20-11-14-38(15-12-20)33(42)28(17-24-18-35-19-37-24)39-31(40)26-5-1-2-6-27(26)32(39)41/h5-8,11-14,17,20,30H,9-10,15-16,18-19,21-22H2,1-4H3,(H,38,41);1-11,14-15,18,21H,12-13,16-17,19-20,22-23H2;1-6,9-10,13,16,18-19,28H,7-8,11-12,14-15,17H2,(H,35,37)/t30-;;/m1../s1. The van der Waals surface area contributed by atoms with E-state index < -0.39 is 35.6 Å². The summed E-state index contributed by atoms with van der Waals surface area (Å²) in [7, 11) is 1.64. The number of imidazole rings is 1. The van der Waals surface area contributed by atoms with Crippen LogP contribution in [0.2, 0.25) is 15.1 Å². The van der Waals surface area contributed by atoms with E-state index in [0.717, 1.165) is 136 Å². The van der Waals surface area contributed by atoms with E-state index in [0.29, 0.717) is 98.5 Å². The third-order valence-corrected chi connectivity index (χ3v) is 26.0. The number of hydrogen-bond donors (Lipinski definition) is 2. The maximum absolute atomic E-state index is 14.1. The van der Waals surface area contributed by atoms with Crippen LogP contribution in [-0.2, 0) is 82.8 Å². The zero-order chi connectivity index (χ0) is 86.7. The van der Waals surface area contributed by atoms with E-state index in [-0.39, 0.29) is 24.1 Å². The number of carbonyl (C=O) groups is 6. The number of halogens is 3. The summed E-state index contributed by atoms with van der Waals surface area (Å²) >= 11 is 20.7. The molecule has 8 heterocycles. The average molecular weight is 1750 g/mol. The number of aromatic amines is 1. The number of H-pyrrole nitrogens is 1. The van der Waals surface area contributed by atoms with E-state index in [1.165, 1.54) is 78.7 Å². The number of amides is 6. The van der Waals surface area contributed by atoms with Crippen LogP contribution in [0.3, 0.4) is 0 Å². The van der Waals surface area contributed by atoms with Gasteiger partial charge in [0.25, 0.3) is 11.8 Å². The SMILES string of the molecule is COc1ccc(CSC[C@@H](NC(=O)OC(C)(C)C)C(=O)N2CCC(=C3c4ccc(Cl)cc4CCc4cccnc43)CC2)cc1.O=C(C(Cc1cnc[nH]1)N1C(=O)c2ccccc2C1=O)N1CCC(=C2c3ccc(Cl)cc3CCc3cccnc32)CC1.O=C(Cc1ccccc1OCc1ccccc1)N1CCC(=C2c3ccc(Cl)cc3CCc3cccnc32)CC1. The van der Waals surface area contributed by atoms with Crippen molar-refractivity contribution < 1.29 is 43.0 Å². The monoisotopic (exact) mass is 1740 g/mol. The molecule has 125 heavy (non-hydrogen) atoms. The maximum atomic E-state index is 14.1. The molecule has 11 aromatic rings. The van der Waals surface area contributed by atoms with Gasteiger partial charge in [-0.05, 0) is 244 Å². The van der Waals surface area contributed by atoms with Crippen LogP contribution in [0.25, 0.3) is 16.7 Å². The first-order valence-corrected chi connectivity index (χ1v) is 45.1. The van der Waals surface area contributed by atoms with Gasteiger partial charge in [0.05, 0.1) is 48.1 Å². The number of methoxy groups -OCH3 is 1. The molecule has 1 unspecified atom stereocenters. The minimum atomic E-state index is -0.977. The van der Waals surface area contributed by atoms with Crippen molar-refractivity contribution in [1.29, 1.82) is 0 Å². The summed E-state index contributed by atoms with van der Waals surface area (Å²) in [4.78, 5) is 109. The summed E-state index contributed by atoms with van der Waals surface area (Å²) in [6, 6.07) is 61.8. The van der Waals surface area contributed by atoms with Crippen molar-refractivity contribution in [3.63, 3.8) is 0 Å². The van der Waals surface area contributed by atoms with Crippen LogP contribution in [0.4, 0.5) is 4.79 Å². The highest BCUT2D eigenvalue weighted by molar-refractivity contribution is 7.98. The lowest BCUT2D eigenvalue weighted by Crippen LogP contribution is -2.53. The molecule has 7 aromatic carbocycles. The van der Waals surface area contributed by atoms with Crippen LogP contribution in [0, 0.1) is 0 Å². The summed E-state index contributed by atoms with van der Waals surface area (Å²) in [5, 5.41) is 5.08. The number of benzene rings is 7. The molecular formula is C102H99Cl3N10O9S. The lowest BCUT2D eigenvalue weighted by molar-refractivity contribution is -0.136. The summed E-state index contributed by atoms with van der Waals surface area (Å²) in [6.07, 6.45) is 18.6. The number of thioether (sulfide) groups is 1. The molecule has 0 radical (unpaired) electrons. The Labute approximate surface area is 748 Å². The fraction of sp³-hybridized carbons (Fsp3) is 0.294. The zero-order valence-corrected chi connectivity index (χ0v) is 73.7. The Bertz CT molecular complexity index is 5910. The van der Waals surface area contributed by atoms with E-state index in [1.54, 1.807) is 54.2 Å². The summed E-state index contributed by atoms with van der Waals surface area (Å²) < 4.78 is 16.9. The molecule has 3 fully saturated rings. The largest absolute Gasteiger partial charge is 0.497 e. The lowest BCUT2D eigenvalue weighted by atomic mass is 9.88. The molecule has 18 rings (SSSR count). The number of piperidine rings is 3. The zero-order valence-electron chi connectivity index (χ0n) is 70.6. The number of pyridine rings is 3. The van der Waals surface area contributed by atoms with Gasteiger partial charge in [-0.3, -0.25) is 43.8 Å². The lowest BCUT2D eigenvalue weighted by Gasteiger charge is -2.35. The summed E-state index contributed by atoms with van der Waals surface area (Å²) in [5.41, 5.74) is 25.4. The number of aryl methyl sites for hydroxylation is 6. The van der Waals surface area contributed by atoms with Gasteiger partial charge in [0.15, 0.2) is 0 Å². The Hall–Kier alpha value is -11.9. The number of nitrogens with zero attached hydrogens (tertiary/aromatic N) is 8. The number of carbonyl (C=O) groups excluding carboxylic acids is 6. The van der Waals surface area contributed by atoms with Crippen LogP contribution >= 0.6 is 46.6 Å². The second-order valence-electron chi connectivity index (χ2n) is 33.3. The molecule has 23 heteroatoms. The molecule has 4 aromatic heterocycles. The van der Waals surface area contributed by atoms with Crippen LogP contribution in [0.1, 0.15) is 170 Å². The van der Waals surface area contributed by atoms with E-state index in [1.807, 2.05) is 170 Å². The van der Waals surface area contributed by atoms with Gasteiger partial charge >= 0.3 is 6.09 Å². The number of likely N-dealkylation sites (tertiary alicyclic amines) is 3. The van der Waals surface area contributed by atoms with Gasteiger partial charge in [0.1, 0.15) is 35.8 Å². The predicted molar refractivity (Wildman–Crippen MR) is 491 cm³/mol. The quantitative estimate of drug-likeness (QED) is 0.0859. The first-order chi connectivity index (χ1) is 60.8. The topological polar surface area (TPSA) is 222 Å². The molecule has 7 aliphatic rings. The second-order valence-corrected chi connectivity index (χ2v) is 35.7. The Kier molecular flexibility index (Phi) is 27.4. The Morgan fingerprint density at radius 1 is 0.496 bits per heavy atom. The van der Waals surface area contributed by atoms with Crippen LogP contribution in [-0.4, -0.2) is 150 Å². The molecule has 4 aliphatic heterocycles. The van der Waals surface area contributed by atoms with Crippen molar-refractivity contribution in [1.82, 2.24) is 49.8 Å². The highest BCUT2D eigenvalue weighted by Gasteiger charge is 2.45. The number of para-hydroxylation sites is 1. The fourth-order valence-electron chi connectivity index (χ4n) is 17.9. The summed E-state index contributed by atoms with van der Waals surface area (Å²) in [6.45, 7) is 9.42. The smallest absolute Gasteiger partial charge is 0.408 e. The number of hydrogen-bond acceptors (Lipinski definition) is 14. The van der Waals surface area contributed by atoms with Crippen molar-refractivity contribution in [3.8, 4) is 11.5 Å². The van der Waals surface area contributed by atoms with E-state index in [9.17, 15) is 28.8 Å². The second kappa shape index (κ2) is 39.5. The molecule has 2 atom stereocenters. The number of nitrogens with one attached hydrogen (secondary N) is 2. The number of ether oxygens (including phenoxy) is 3. The van der Waals surface area contributed by atoms with Crippen LogP contribution < -0.4 is 14.8 Å². The minimum absolute atomic E-state index is 0.0892. The molecule has 0 spiro atoms. The van der Waals surface area contributed by atoms with Gasteiger partial charge < -0.3 is 39.2 Å². The molecule has 2 N–H and O–H groups in total. The van der Waals surface area contributed by atoms with Crippen molar-refractivity contribution in [3.05, 3.63) is 358 Å². The highest BCUT2D eigenvalue weighted by atomic mass is 35.5. The van der Waals surface area contributed by atoms with Gasteiger partial charge in [-0.1, -0.05) is 161 Å². The molecule has 0 bridgehead atoms. The first-order valence-electron chi connectivity index (χ1n) is 42.9. The Morgan fingerprint density at radius 3 is 1.42 bits per heavy atom. The van der Waals surface area contributed by atoms with Crippen molar-refractivity contribution in [2.45, 2.75) is 141 Å². The normalized spacial score (nSPS) is 15.8. The number of aromatic nitrogens is 5. The molecular weight excluding hydrogens is 1650 g/mol. The number of fused-ring (bicyclic) bond motifs is 7. The number of rotatable bonds is 16. The van der Waals surface area contributed by atoms with Crippen LogP contribution in [0.15, 0.2) is 242 Å². The van der Waals surface area contributed by atoms with Crippen molar-refractivity contribution >= 4 is 98.9 Å². The Morgan fingerprint density at radius 2 is 0.952 bits per heavy atom. The maximum Gasteiger partial charge on any atom is 0.408 e. The molecule has 19 nitrogen and oxygen atoms in total. The van der Waals surface area contributed by atoms with Crippen molar-refractivity contribution in [2.24, 2.45) is 0 Å². The van der Waals surface area contributed by atoms with Gasteiger partial charge in [-0.25, -0.2) is 9.78 Å². The Balaban J connectivity index is 0.000000139. The average Bonchev–Trinajstić information content (AvgIpc) is 1.65. The van der Waals surface area contributed by atoms with Gasteiger partial charge in [-0.15, -0.1) is 0 Å². The molecule has 6 amide bonds. The van der Waals surface area contributed by atoms with E-state index in [4.69, 9.17) is 64.0 Å². The molecule has 3 saturated heterocycles. The molecule has 638 valence electrons. The third kappa shape index (κ3) is 20.4. The molecule has 0 saturated carbocycles. The van der Waals surface area contributed by atoms with Crippen molar-refractivity contribution in [2.75, 3.05) is 52.1 Å². The fourth-order valence-corrected chi connectivity index (χ4v) is 19.5. The summed E-state index contributed by atoms with van der Waals surface area (Å²) in [5.74, 6) is 1.63. The molecule has 3 aliphatic carbocycles. The number of imide groups is 1. The van der Waals surface area contributed by atoms with E-state index in [2.05, 4.69) is 63.8 Å². The van der Waals surface area contributed by atoms with Gasteiger partial charge in [-0.2, -0.15) is 11.8 Å². The highest BCUT2D eigenvalue weighted by Crippen LogP contribution is 2.44. The third-order valence-electron chi connectivity index (χ3n) is 24.2. The first kappa shape index (κ1) is 86.6. The van der Waals surface area contributed by atoms with Gasteiger partial charge in [0.2, 0.25) is 17.7 Å².